The number of carbonyl (C=O) groups is 1. The van der Waals surface area contributed by atoms with Gasteiger partial charge in [0.25, 0.3) is 0 Å². The third kappa shape index (κ3) is 2.91. The van der Waals surface area contributed by atoms with Crippen LogP contribution in [-0.2, 0) is 11.3 Å². The Hall–Kier alpha value is -2.33. The van der Waals surface area contributed by atoms with Crippen LogP contribution in [0.4, 0.5) is 5.69 Å². The second-order valence-electron chi connectivity index (χ2n) is 8.71. The van der Waals surface area contributed by atoms with Crippen LogP contribution >= 0.6 is 0 Å². The van der Waals surface area contributed by atoms with Gasteiger partial charge in [0.2, 0.25) is 5.91 Å². The number of hydrogen-bond acceptors (Lipinski definition) is 3. The monoisotopic (exact) mass is 375 g/mol. The lowest BCUT2D eigenvalue weighted by Crippen LogP contribution is -2.39. The van der Waals surface area contributed by atoms with E-state index in [0.717, 1.165) is 32.5 Å². The van der Waals surface area contributed by atoms with Crippen molar-refractivity contribution in [2.45, 2.75) is 45.1 Å². The first kappa shape index (κ1) is 17.7. The van der Waals surface area contributed by atoms with Gasteiger partial charge in [-0.3, -0.25) is 4.79 Å². The van der Waals surface area contributed by atoms with Crippen molar-refractivity contribution in [2.75, 3.05) is 25.1 Å². The normalized spacial score (nSPS) is 22.4. The molecule has 1 aliphatic carbocycles. The lowest BCUT2D eigenvalue weighted by molar-refractivity contribution is -0.132. The molecule has 2 aliphatic heterocycles. The zero-order chi connectivity index (χ0) is 19.3. The number of fused-ring (bicyclic) bond motifs is 1. The summed E-state index contributed by atoms with van der Waals surface area (Å²) in [5, 5.41) is 2.11. The Labute approximate surface area is 167 Å². The van der Waals surface area contributed by atoms with E-state index in [4.69, 9.17) is 0 Å². The fourth-order valence-electron chi connectivity index (χ4n) is 5.20. The minimum Gasteiger partial charge on any atom is -0.343 e. The van der Waals surface area contributed by atoms with Crippen molar-refractivity contribution >= 4 is 11.6 Å². The summed E-state index contributed by atoms with van der Waals surface area (Å²) in [7, 11) is 2.07. The molecule has 1 N–H and O–H groups in total. The molecular weight excluding hydrogens is 346 g/mol. The van der Waals surface area contributed by atoms with E-state index < -0.39 is 0 Å². The maximum absolute atomic E-state index is 11.9. The van der Waals surface area contributed by atoms with Crippen LogP contribution in [0.1, 0.15) is 49.7 Å². The van der Waals surface area contributed by atoms with Crippen LogP contribution in [0.5, 0.6) is 0 Å². The Kier molecular flexibility index (Phi) is 4.20. The average molecular weight is 376 g/mol. The van der Waals surface area contributed by atoms with Crippen molar-refractivity contribution in [1.82, 2.24) is 10.3 Å². The molecule has 1 amide bonds. The van der Waals surface area contributed by atoms with Gasteiger partial charge in [-0.05, 0) is 58.9 Å². The second kappa shape index (κ2) is 6.63. The minimum absolute atomic E-state index is 0.312. The maximum atomic E-state index is 11.9. The molecule has 2 aromatic rings. The third-order valence-corrected chi connectivity index (χ3v) is 7.20. The smallest absolute Gasteiger partial charge is 0.222 e. The standard InChI is InChI=1S/C24H29N3O/c1-3-23(28)27-12-10-24(11-13-27)15-21(24)18-6-4-17(5-7-18)19-8-9-20-16-25-26(2)22(20)14-19/h4-9,14,21,25H,3,10-13,15-16H2,1-2H3/t21-/m1/s1. The zero-order valence-electron chi connectivity index (χ0n) is 16.9. The molecular formula is C24H29N3O. The first-order valence-corrected chi connectivity index (χ1v) is 10.6. The van der Waals surface area contributed by atoms with E-state index in [1.807, 2.05) is 6.92 Å². The van der Waals surface area contributed by atoms with Gasteiger partial charge in [-0.1, -0.05) is 43.3 Å². The van der Waals surface area contributed by atoms with Gasteiger partial charge < -0.3 is 9.91 Å². The van der Waals surface area contributed by atoms with Crippen molar-refractivity contribution < 1.29 is 4.79 Å². The number of likely N-dealkylation sites (tertiary alicyclic amines) is 1. The number of carbonyl (C=O) groups excluding carboxylic acids is 1. The van der Waals surface area contributed by atoms with Crippen molar-refractivity contribution in [1.29, 1.82) is 0 Å². The minimum atomic E-state index is 0.312. The molecule has 0 aromatic heterocycles. The maximum Gasteiger partial charge on any atom is 0.222 e. The highest BCUT2D eigenvalue weighted by molar-refractivity contribution is 5.76. The highest BCUT2D eigenvalue weighted by atomic mass is 16.2. The SMILES string of the molecule is CCC(=O)N1CCC2(CC1)C[C@@H]2c1ccc(-c2ccc3c(c2)N(C)NC3)cc1. The largest absolute Gasteiger partial charge is 0.343 e. The summed E-state index contributed by atoms with van der Waals surface area (Å²) in [4.78, 5) is 14.0. The highest BCUT2D eigenvalue weighted by Gasteiger charge is 2.55. The zero-order valence-corrected chi connectivity index (χ0v) is 16.9. The number of hydrazine groups is 1. The van der Waals surface area contributed by atoms with Crippen LogP contribution in [0.3, 0.4) is 0 Å². The number of benzene rings is 2. The van der Waals surface area contributed by atoms with E-state index >= 15 is 0 Å². The number of nitrogens with zero attached hydrogens (tertiary/aromatic N) is 2. The molecule has 5 rings (SSSR count). The van der Waals surface area contributed by atoms with Gasteiger partial charge in [0.05, 0.1) is 5.69 Å². The van der Waals surface area contributed by atoms with Crippen LogP contribution in [0, 0.1) is 5.41 Å². The Morgan fingerprint density at radius 3 is 2.54 bits per heavy atom. The Morgan fingerprint density at radius 2 is 1.82 bits per heavy atom. The highest BCUT2D eigenvalue weighted by Crippen LogP contribution is 2.64. The van der Waals surface area contributed by atoms with E-state index in [1.54, 1.807) is 0 Å². The number of nitrogens with one attached hydrogen (secondary N) is 1. The molecule has 1 spiro atoms. The molecule has 28 heavy (non-hydrogen) atoms. The van der Waals surface area contributed by atoms with Gasteiger partial charge in [-0.25, -0.2) is 5.43 Å². The van der Waals surface area contributed by atoms with E-state index in [9.17, 15) is 4.79 Å². The molecule has 146 valence electrons. The molecule has 4 heteroatoms. The van der Waals surface area contributed by atoms with Crippen molar-refractivity contribution in [2.24, 2.45) is 5.41 Å². The number of anilines is 1. The number of rotatable bonds is 3. The molecule has 1 atom stereocenters. The van der Waals surface area contributed by atoms with E-state index in [-0.39, 0.29) is 0 Å². The quantitative estimate of drug-likeness (QED) is 0.868. The van der Waals surface area contributed by atoms with Crippen LogP contribution in [-0.4, -0.2) is 30.9 Å². The molecule has 2 heterocycles. The van der Waals surface area contributed by atoms with Gasteiger partial charge in [0.1, 0.15) is 0 Å². The van der Waals surface area contributed by atoms with E-state index in [0.29, 0.717) is 23.7 Å². The second-order valence-corrected chi connectivity index (χ2v) is 8.71. The summed E-state index contributed by atoms with van der Waals surface area (Å²) < 4.78 is 0. The fourth-order valence-corrected chi connectivity index (χ4v) is 5.20. The summed E-state index contributed by atoms with van der Waals surface area (Å²) in [6, 6.07) is 16.0. The lowest BCUT2D eigenvalue weighted by Gasteiger charge is -2.33. The van der Waals surface area contributed by atoms with Gasteiger partial charge in [0, 0.05) is 33.1 Å². The van der Waals surface area contributed by atoms with Crippen LogP contribution < -0.4 is 10.4 Å². The molecule has 1 saturated carbocycles. The molecule has 0 radical (unpaired) electrons. The molecule has 3 aliphatic rings. The topological polar surface area (TPSA) is 35.6 Å². The molecule has 0 bridgehead atoms. The van der Waals surface area contributed by atoms with Crippen molar-refractivity contribution in [3.05, 3.63) is 53.6 Å². The summed E-state index contributed by atoms with van der Waals surface area (Å²) in [5.41, 5.74) is 10.5. The first-order chi connectivity index (χ1) is 13.6. The van der Waals surface area contributed by atoms with Crippen molar-refractivity contribution in [3.63, 3.8) is 0 Å². The average Bonchev–Trinajstić information content (AvgIpc) is 3.31. The van der Waals surface area contributed by atoms with Crippen LogP contribution in [0.15, 0.2) is 42.5 Å². The van der Waals surface area contributed by atoms with Gasteiger partial charge >= 0.3 is 0 Å². The van der Waals surface area contributed by atoms with Gasteiger partial charge in [-0.2, -0.15) is 0 Å². The summed E-state index contributed by atoms with van der Waals surface area (Å²) >= 11 is 0. The van der Waals surface area contributed by atoms with Crippen LogP contribution in [0.2, 0.25) is 0 Å². The van der Waals surface area contributed by atoms with Crippen LogP contribution in [0.25, 0.3) is 11.1 Å². The molecule has 0 unspecified atom stereocenters. The van der Waals surface area contributed by atoms with Crippen molar-refractivity contribution in [3.8, 4) is 11.1 Å². The number of amides is 1. The predicted molar refractivity (Wildman–Crippen MR) is 113 cm³/mol. The Morgan fingerprint density at radius 1 is 1.11 bits per heavy atom. The Bertz CT molecular complexity index is 897. The molecule has 1 saturated heterocycles. The van der Waals surface area contributed by atoms with Gasteiger partial charge in [0.15, 0.2) is 0 Å². The summed E-state index contributed by atoms with van der Waals surface area (Å²) in [6.45, 7) is 4.76. The lowest BCUT2D eigenvalue weighted by atomic mass is 9.88. The predicted octanol–water partition coefficient (Wildman–Crippen LogP) is 4.31. The van der Waals surface area contributed by atoms with E-state index in [1.165, 1.54) is 34.4 Å². The molecule has 4 nitrogen and oxygen atoms in total. The summed E-state index contributed by atoms with van der Waals surface area (Å²) in [5.74, 6) is 0.988. The number of hydrogen-bond donors (Lipinski definition) is 1. The number of piperidine rings is 1. The fraction of sp³-hybridized carbons (Fsp3) is 0.458. The van der Waals surface area contributed by atoms with Gasteiger partial charge in [-0.15, -0.1) is 0 Å². The molecule has 2 aromatic carbocycles. The van der Waals surface area contributed by atoms with E-state index in [2.05, 4.69) is 64.8 Å². The third-order valence-electron chi connectivity index (χ3n) is 7.20. The molecule has 2 fully saturated rings. The first-order valence-electron chi connectivity index (χ1n) is 10.6. The summed E-state index contributed by atoms with van der Waals surface area (Å²) in [6.07, 6.45) is 4.24. The Balaban J connectivity index is 1.28.